The summed E-state index contributed by atoms with van der Waals surface area (Å²) in [5.74, 6) is 0.569. The minimum Gasteiger partial charge on any atom is -0.385 e. The van der Waals surface area contributed by atoms with Crippen LogP contribution in [0.1, 0.15) is 12.0 Å². The fourth-order valence-corrected chi connectivity index (χ4v) is 2.85. The first-order valence-corrected chi connectivity index (χ1v) is 9.01. The molecule has 0 saturated heterocycles. The highest BCUT2D eigenvalue weighted by Crippen LogP contribution is 2.19. The average Bonchev–Trinajstić information content (AvgIpc) is 3.03. The van der Waals surface area contributed by atoms with Gasteiger partial charge >= 0.3 is 0 Å². The van der Waals surface area contributed by atoms with Crippen LogP contribution < -0.4 is 10.6 Å². The molecular formula is C19H31FIN5O. The van der Waals surface area contributed by atoms with E-state index in [0.29, 0.717) is 0 Å². The molecule has 0 aliphatic rings. The number of hydrogen-bond donors (Lipinski definition) is 3. The van der Waals surface area contributed by atoms with Crippen LogP contribution in [0.25, 0.3) is 10.9 Å². The zero-order chi connectivity index (χ0) is 18.8. The van der Waals surface area contributed by atoms with Crippen molar-refractivity contribution in [2.24, 2.45) is 4.99 Å². The van der Waals surface area contributed by atoms with Gasteiger partial charge in [-0.15, -0.1) is 24.0 Å². The number of halogens is 2. The van der Waals surface area contributed by atoms with Crippen molar-refractivity contribution in [1.29, 1.82) is 0 Å². The Labute approximate surface area is 178 Å². The van der Waals surface area contributed by atoms with E-state index < -0.39 is 0 Å². The normalized spacial score (nSPS) is 11.7. The number of methoxy groups -OCH3 is 1. The molecule has 152 valence electrons. The molecule has 0 amide bonds. The predicted molar refractivity (Wildman–Crippen MR) is 121 cm³/mol. The Balaban J connectivity index is 0.00000364. The molecule has 0 fully saturated rings. The van der Waals surface area contributed by atoms with Gasteiger partial charge in [-0.1, -0.05) is 0 Å². The van der Waals surface area contributed by atoms with E-state index in [1.54, 1.807) is 26.3 Å². The monoisotopic (exact) mass is 491 g/mol. The van der Waals surface area contributed by atoms with Crippen LogP contribution >= 0.6 is 24.0 Å². The molecule has 2 aromatic rings. The molecule has 27 heavy (non-hydrogen) atoms. The van der Waals surface area contributed by atoms with Crippen molar-refractivity contribution in [2.75, 3.05) is 54.0 Å². The van der Waals surface area contributed by atoms with E-state index in [9.17, 15) is 4.39 Å². The van der Waals surface area contributed by atoms with Gasteiger partial charge in [0.25, 0.3) is 0 Å². The van der Waals surface area contributed by atoms with E-state index in [1.165, 1.54) is 6.07 Å². The molecule has 0 aliphatic heterocycles. The first kappa shape index (κ1) is 23.6. The highest BCUT2D eigenvalue weighted by molar-refractivity contribution is 14.0. The van der Waals surface area contributed by atoms with Crippen molar-refractivity contribution in [2.45, 2.75) is 12.8 Å². The van der Waals surface area contributed by atoms with E-state index in [4.69, 9.17) is 4.74 Å². The number of hydrogen-bond acceptors (Lipinski definition) is 3. The zero-order valence-corrected chi connectivity index (χ0v) is 18.7. The number of ether oxygens (including phenoxy) is 1. The minimum atomic E-state index is -0.210. The summed E-state index contributed by atoms with van der Waals surface area (Å²) >= 11 is 0. The third-order valence-corrected chi connectivity index (χ3v) is 4.31. The molecule has 0 atom stereocenters. The Bertz CT molecular complexity index is 706. The maximum atomic E-state index is 13.4. The molecule has 0 radical (unpaired) electrons. The fraction of sp³-hybridized carbons (Fsp3) is 0.526. The van der Waals surface area contributed by atoms with Crippen LogP contribution in [0, 0.1) is 5.82 Å². The van der Waals surface area contributed by atoms with Crippen LogP contribution in [0.3, 0.4) is 0 Å². The Morgan fingerprint density at radius 2 is 2.04 bits per heavy atom. The number of aliphatic imine (C=N–C) groups is 1. The predicted octanol–water partition coefficient (Wildman–Crippen LogP) is 2.60. The number of nitrogens with zero attached hydrogens (tertiary/aromatic N) is 2. The Morgan fingerprint density at radius 3 is 2.78 bits per heavy atom. The number of aromatic nitrogens is 1. The van der Waals surface area contributed by atoms with Gasteiger partial charge in [-0.3, -0.25) is 4.99 Å². The molecule has 2 rings (SSSR count). The van der Waals surface area contributed by atoms with Crippen LogP contribution in [-0.2, 0) is 11.2 Å². The molecule has 0 bridgehead atoms. The molecule has 0 spiro atoms. The van der Waals surface area contributed by atoms with Gasteiger partial charge in [-0.05, 0) is 43.7 Å². The zero-order valence-electron chi connectivity index (χ0n) is 16.3. The second-order valence-electron chi connectivity index (χ2n) is 6.33. The third-order valence-electron chi connectivity index (χ3n) is 4.31. The summed E-state index contributed by atoms with van der Waals surface area (Å²) in [7, 11) is 5.59. The van der Waals surface area contributed by atoms with Crippen LogP contribution in [0.15, 0.2) is 29.4 Å². The van der Waals surface area contributed by atoms with Gasteiger partial charge in [0.2, 0.25) is 0 Å². The molecule has 1 aromatic carbocycles. The summed E-state index contributed by atoms with van der Waals surface area (Å²) < 4.78 is 18.5. The van der Waals surface area contributed by atoms with Gasteiger partial charge < -0.3 is 25.3 Å². The molecule has 1 aromatic heterocycles. The van der Waals surface area contributed by atoms with Crippen LogP contribution in [0.4, 0.5) is 4.39 Å². The molecule has 3 N–H and O–H groups in total. The topological polar surface area (TPSA) is 64.7 Å². The van der Waals surface area contributed by atoms with Gasteiger partial charge in [-0.2, -0.15) is 0 Å². The molecule has 0 saturated carbocycles. The van der Waals surface area contributed by atoms with E-state index >= 15 is 0 Å². The number of rotatable bonds is 10. The SMILES string of the molecule is CN=C(NCCc1c[nH]c2ccc(F)cc12)NCCN(C)CCCOC.I. The molecule has 6 nitrogen and oxygen atoms in total. The lowest BCUT2D eigenvalue weighted by Gasteiger charge is -2.18. The van der Waals surface area contributed by atoms with Crippen LogP contribution in [-0.4, -0.2) is 69.8 Å². The first-order chi connectivity index (χ1) is 12.6. The average molecular weight is 491 g/mol. The van der Waals surface area contributed by atoms with Gasteiger partial charge in [0.05, 0.1) is 0 Å². The van der Waals surface area contributed by atoms with E-state index in [0.717, 1.165) is 68.1 Å². The number of benzene rings is 1. The van der Waals surface area contributed by atoms with Gasteiger partial charge in [-0.25, -0.2) is 4.39 Å². The fourth-order valence-electron chi connectivity index (χ4n) is 2.85. The van der Waals surface area contributed by atoms with E-state index in [2.05, 4.69) is 32.6 Å². The first-order valence-electron chi connectivity index (χ1n) is 9.01. The van der Waals surface area contributed by atoms with E-state index in [1.807, 2.05) is 6.20 Å². The smallest absolute Gasteiger partial charge is 0.191 e. The summed E-state index contributed by atoms with van der Waals surface area (Å²) in [6, 6.07) is 4.82. The van der Waals surface area contributed by atoms with Gasteiger partial charge in [0.15, 0.2) is 5.96 Å². The third kappa shape index (κ3) is 8.02. The van der Waals surface area contributed by atoms with Crippen molar-refractivity contribution in [3.8, 4) is 0 Å². The Kier molecular flexibility index (Phi) is 11.3. The number of fused-ring (bicyclic) bond motifs is 1. The molecule has 1 heterocycles. The molecule has 0 unspecified atom stereocenters. The van der Waals surface area contributed by atoms with Crippen molar-refractivity contribution in [3.63, 3.8) is 0 Å². The lowest BCUT2D eigenvalue weighted by Crippen LogP contribution is -2.41. The molecule has 0 aliphatic carbocycles. The van der Waals surface area contributed by atoms with Crippen molar-refractivity contribution < 1.29 is 9.13 Å². The summed E-state index contributed by atoms with van der Waals surface area (Å²) in [5.41, 5.74) is 2.06. The maximum Gasteiger partial charge on any atom is 0.191 e. The highest BCUT2D eigenvalue weighted by atomic mass is 127. The number of guanidine groups is 1. The van der Waals surface area contributed by atoms with Crippen LogP contribution in [0.2, 0.25) is 0 Å². The second kappa shape index (κ2) is 12.9. The lowest BCUT2D eigenvalue weighted by atomic mass is 10.1. The van der Waals surface area contributed by atoms with Crippen molar-refractivity contribution in [1.82, 2.24) is 20.5 Å². The highest BCUT2D eigenvalue weighted by Gasteiger charge is 2.05. The second-order valence-corrected chi connectivity index (χ2v) is 6.33. The summed E-state index contributed by atoms with van der Waals surface area (Å²) in [5, 5.41) is 7.56. The summed E-state index contributed by atoms with van der Waals surface area (Å²) in [4.78, 5) is 9.69. The Morgan fingerprint density at radius 1 is 1.26 bits per heavy atom. The number of aromatic amines is 1. The van der Waals surface area contributed by atoms with Gasteiger partial charge in [0.1, 0.15) is 5.82 Å². The maximum absolute atomic E-state index is 13.4. The molecule has 8 heteroatoms. The van der Waals surface area contributed by atoms with Crippen LogP contribution in [0.5, 0.6) is 0 Å². The Hall–Kier alpha value is -1.39. The van der Waals surface area contributed by atoms with Crippen molar-refractivity contribution >= 4 is 40.8 Å². The summed E-state index contributed by atoms with van der Waals surface area (Å²) in [6.07, 6.45) is 3.77. The number of likely N-dealkylation sites (N-methyl/N-ethyl adjacent to an activating group) is 1. The lowest BCUT2D eigenvalue weighted by molar-refractivity contribution is 0.180. The minimum absolute atomic E-state index is 0. The number of H-pyrrole nitrogens is 1. The molecular weight excluding hydrogens is 460 g/mol. The van der Waals surface area contributed by atoms with Gasteiger partial charge in [0, 0.05) is 64.0 Å². The quantitative estimate of drug-likeness (QED) is 0.207. The van der Waals surface area contributed by atoms with Crippen molar-refractivity contribution in [3.05, 3.63) is 35.8 Å². The standard InChI is InChI=1S/C19H30FN5O.HI/c1-21-19(23-9-11-25(2)10-4-12-26-3)22-8-7-15-14-24-18-6-5-16(20)13-17(15)18;/h5-6,13-14,24H,4,7-12H2,1-3H3,(H2,21,22,23);1H. The summed E-state index contributed by atoms with van der Waals surface area (Å²) in [6.45, 7) is 4.29. The van der Waals surface area contributed by atoms with E-state index in [-0.39, 0.29) is 29.8 Å². The largest absolute Gasteiger partial charge is 0.385 e. The number of nitrogens with one attached hydrogen (secondary N) is 3.